The van der Waals surface area contributed by atoms with E-state index in [1.165, 1.54) is 31.4 Å². The van der Waals surface area contributed by atoms with Crippen molar-refractivity contribution in [3.8, 4) is 5.75 Å². The molecule has 0 unspecified atom stereocenters. The Morgan fingerprint density at radius 2 is 2.17 bits per heavy atom. The first kappa shape index (κ1) is 16.3. The minimum absolute atomic E-state index is 0.0749. The third-order valence-electron chi connectivity index (χ3n) is 3.17. The Morgan fingerprint density at radius 3 is 2.92 bits per heavy atom. The van der Waals surface area contributed by atoms with E-state index in [1.807, 2.05) is 0 Å². The van der Waals surface area contributed by atoms with Crippen LogP contribution in [0, 0.1) is 0 Å². The first-order chi connectivity index (χ1) is 11.4. The largest absolute Gasteiger partial charge is 0.482 e. The maximum atomic E-state index is 12.5. The number of benzene rings is 1. The highest BCUT2D eigenvalue weighted by Gasteiger charge is 2.23. The Bertz CT molecular complexity index is 919. The Morgan fingerprint density at radius 1 is 1.38 bits per heavy atom. The van der Waals surface area contributed by atoms with Gasteiger partial charge in [0, 0.05) is 0 Å². The number of amides is 1. The molecule has 24 heavy (non-hydrogen) atoms. The molecule has 0 saturated heterocycles. The van der Waals surface area contributed by atoms with Gasteiger partial charge in [0.1, 0.15) is 10.6 Å². The zero-order valence-corrected chi connectivity index (χ0v) is 14.0. The Kier molecular flexibility index (Phi) is 4.16. The van der Waals surface area contributed by atoms with Gasteiger partial charge in [-0.05, 0) is 29.6 Å². The van der Waals surface area contributed by atoms with E-state index in [1.54, 1.807) is 5.38 Å². The summed E-state index contributed by atoms with van der Waals surface area (Å²) in [5, 5.41) is 4.12. The van der Waals surface area contributed by atoms with Crippen LogP contribution in [0.25, 0.3) is 0 Å². The maximum absolute atomic E-state index is 12.5. The Balaban J connectivity index is 1.92. The van der Waals surface area contributed by atoms with Crippen LogP contribution in [0.1, 0.15) is 9.67 Å². The molecule has 0 saturated carbocycles. The number of hydrogen-bond acceptors (Lipinski definition) is 7. The quantitative estimate of drug-likeness (QED) is 0.794. The van der Waals surface area contributed by atoms with E-state index in [0.717, 1.165) is 11.3 Å². The zero-order valence-electron chi connectivity index (χ0n) is 12.4. The monoisotopic (exact) mass is 368 g/mol. The molecule has 2 aromatic rings. The van der Waals surface area contributed by atoms with Gasteiger partial charge in [0.05, 0.1) is 23.4 Å². The molecular formula is C14H12N2O6S2. The van der Waals surface area contributed by atoms with Crippen molar-refractivity contribution in [3.05, 3.63) is 34.5 Å². The fourth-order valence-electron chi connectivity index (χ4n) is 2.07. The summed E-state index contributed by atoms with van der Waals surface area (Å²) in [5.74, 6) is -0.607. The fraction of sp³-hybridized carbons (Fsp3) is 0.143. The van der Waals surface area contributed by atoms with E-state index in [9.17, 15) is 18.0 Å². The molecule has 2 heterocycles. The van der Waals surface area contributed by atoms with Crippen molar-refractivity contribution in [2.75, 3.05) is 23.8 Å². The molecule has 0 spiro atoms. The van der Waals surface area contributed by atoms with Gasteiger partial charge in [0.15, 0.2) is 6.61 Å². The number of hydrogen-bond donors (Lipinski definition) is 2. The zero-order chi connectivity index (χ0) is 17.3. The Hall–Kier alpha value is -2.59. The van der Waals surface area contributed by atoms with Crippen LogP contribution in [-0.4, -0.2) is 34.0 Å². The van der Waals surface area contributed by atoms with Crippen LogP contribution in [0.3, 0.4) is 0 Å². The molecular weight excluding hydrogens is 356 g/mol. The molecule has 3 rings (SSSR count). The van der Waals surface area contributed by atoms with Gasteiger partial charge in [-0.1, -0.05) is 0 Å². The van der Waals surface area contributed by atoms with E-state index in [-0.39, 0.29) is 33.7 Å². The van der Waals surface area contributed by atoms with Crippen LogP contribution in [0.15, 0.2) is 34.5 Å². The number of fused-ring (bicyclic) bond motifs is 1. The van der Waals surface area contributed by atoms with Crippen LogP contribution in [-0.2, 0) is 19.6 Å². The van der Waals surface area contributed by atoms with E-state index < -0.39 is 16.0 Å². The van der Waals surface area contributed by atoms with E-state index >= 15 is 0 Å². The number of rotatable bonds is 4. The average Bonchev–Trinajstić information content (AvgIpc) is 3.00. The molecule has 8 nitrogen and oxygen atoms in total. The second-order valence-electron chi connectivity index (χ2n) is 4.76. The van der Waals surface area contributed by atoms with Crippen molar-refractivity contribution in [3.63, 3.8) is 0 Å². The number of esters is 1. The summed E-state index contributed by atoms with van der Waals surface area (Å²) in [7, 11) is -2.74. The first-order valence-corrected chi connectivity index (χ1v) is 9.02. The summed E-state index contributed by atoms with van der Waals surface area (Å²) in [5.41, 5.74) is 0.400. The molecule has 2 N–H and O–H groups in total. The molecule has 0 radical (unpaired) electrons. The maximum Gasteiger partial charge on any atom is 0.350 e. The van der Waals surface area contributed by atoms with Gasteiger partial charge in [0.25, 0.3) is 15.9 Å². The molecule has 1 aromatic carbocycles. The molecule has 1 aromatic heterocycles. The van der Waals surface area contributed by atoms with Gasteiger partial charge >= 0.3 is 5.97 Å². The lowest BCUT2D eigenvalue weighted by atomic mass is 10.2. The normalized spacial score (nSPS) is 13.5. The van der Waals surface area contributed by atoms with Crippen LogP contribution in [0.4, 0.5) is 11.4 Å². The number of methoxy groups -OCH3 is 1. The molecule has 0 aliphatic carbocycles. The third kappa shape index (κ3) is 3.05. The van der Waals surface area contributed by atoms with Crippen molar-refractivity contribution in [2.45, 2.75) is 4.90 Å². The van der Waals surface area contributed by atoms with Gasteiger partial charge in [-0.2, -0.15) is 0 Å². The fourth-order valence-corrected chi connectivity index (χ4v) is 4.00. The van der Waals surface area contributed by atoms with Gasteiger partial charge in [-0.3, -0.25) is 9.52 Å². The highest BCUT2D eigenvalue weighted by atomic mass is 32.2. The summed E-state index contributed by atoms with van der Waals surface area (Å²) in [4.78, 5) is 23.1. The van der Waals surface area contributed by atoms with Crippen molar-refractivity contribution < 1.29 is 27.5 Å². The highest BCUT2D eigenvalue weighted by molar-refractivity contribution is 7.92. The van der Waals surface area contributed by atoms with Gasteiger partial charge in [0.2, 0.25) is 0 Å². The van der Waals surface area contributed by atoms with Gasteiger partial charge in [-0.15, -0.1) is 11.3 Å². The van der Waals surface area contributed by atoms with Crippen molar-refractivity contribution >= 4 is 44.6 Å². The number of carbonyl (C=O) groups is 2. The molecule has 0 atom stereocenters. The first-order valence-electron chi connectivity index (χ1n) is 6.66. The van der Waals surface area contributed by atoms with E-state index in [2.05, 4.69) is 14.8 Å². The van der Waals surface area contributed by atoms with Crippen molar-refractivity contribution in [1.29, 1.82) is 0 Å². The summed E-state index contributed by atoms with van der Waals surface area (Å²) in [6.07, 6.45) is 0. The molecule has 10 heteroatoms. The lowest BCUT2D eigenvalue weighted by Gasteiger charge is -2.18. The minimum Gasteiger partial charge on any atom is -0.482 e. The molecule has 0 fully saturated rings. The second kappa shape index (κ2) is 6.13. The predicted molar refractivity (Wildman–Crippen MR) is 87.0 cm³/mol. The van der Waals surface area contributed by atoms with Crippen LogP contribution >= 0.6 is 11.3 Å². The molecule has 1 amide bonds. The summed E-state index contributed by atoms with van der Waals surface area (Å²) in [6.45, 7) is -0.116. The lowest BCUT2D eigenvalue weighted by Crippen LogP contribution is -2.25. The third-order valence-corrected chi connectivity index (χ3v) is 5.43. The van der Waals surface area contributed by atoms with E-state index in [4.69, 9.17) is 4.74 Å². The predicted octanol–water partition coefficient (Wildman–Crippen LogP) is 1.67. The number of thiophene rings is 1. The minimum atomic E-state index is -3.96. The smallest absolute Gasteiger partial charge is 0.350 e. The summed E-state index contributed by atoms with van der Waals surface area (Å²) < 4.78 is 37.2. The molecule has 1 aliphatic heterocycles. The summed E-state index contributed by atoms with van der Waals surface area (Å²) >= 11 is 1.06. The highest BCUT2D eigenvalue weighted by Crippen LogP contribution is 2.31. The summed E-state index contributed by atoms with van der Waals surface area (Å²) in [6, 6.07) is 5.57. The Labute approximate surface area is 141 Å². The van der Waals surface area contributed by atoms with Crippen molar-refractivity contribution in [1.82, 2.24) is 0 Å². The van der Waals surface area contributed by atoms with E-state index in [0.29, 0.717) is 5.75 Å². The van der Waals surface area contributed by atoms with Crippen LogP contribution in [0.5, 0.6) is 5.75 Å². The number of nitrogens with one attached hydrogen (secondary N) is 2. The second-order valence-corrected chi connectivity index (χ2v) is 7.35. The van der Waals surface area contributed by atoms with Crippen LogP contribution < -0.4 is 14.8 Å². The standard InChI is InChI=1S/C14H12N2O6S2/c1-21-14(18)13-9(4-5-23-13)16-24(19,20)8-2-3-11-10(6-8)15-12(17)7-22-11/h2-6,16H,7H2,1H3,(H,15,17). The van der Waals surface area contributed by atoms with Gasteiger partial charge < -0.3 is 14.8 Å². The topological polar surface area (TPSA) is 111 Å². The van der Waals surface area contributed by atoms with Crippen molar-refractivity contribution in [2.24, 2.45) is 0 Å². The number of sulfonamides is 1. The average molecular weight is 368 g/mol. The van der Waals surface area contributed by atoms with Crippen LogP contribution in [0.2, 0.25) is 0 Å². The number of carbonyl (C=O) groups excluding carboxylic acids is 2. The number of ether oxygens (including phenoxy) is 2. The van der Waals surface area contributed by atoms with Gasteiger partial charge in [-0.25, -0.2) is 13.2 Å². The SMILES string of the molecule is COC(=O)c1sccc1NS(=O)(=O)c1ccc2c(c1)NC(=O)CO2. The lowest BCUT2D eigenvalue weighted by molar-refractivity contribution is -0.118. The number of anilines is 2. The molecule has 1 aliphatic rings. The molecule has 126 valence electrons. The molecule has 0 bridgehead atoms.